The average molecular weight is 648 g/mol. The van der Waals surface area contributed by atoms with Crippen LogP contribution in [0.3, 0.4) is 0 Å². The normalized spacial score (nSPS) is 22.1. The fourth-order valence-electron chi connectivity index (χ4n) is 6.51. The molecule has 2 saturated heterocycles. The van der Waals surface area contributed by atoms with E-state index in [0.717, 1.165) is 17.0 Å². The van der Waals surface area contributed by atoms with Crippen LogP contribution in [0.15, 0.2) is 58.9 Å². The Morgan fingerprint density at radius 2 is 1.86 bits per heavy atom. The van der Waals surface area contributed by atoms with E-state index in [9.17, 15) is 27.9 Å². The van der Waals surface area contributed by atoms with Crippen LogP contribution in [0.2, 0.25) is 0 Å². The number of thiol groups is 1. The van der Waals surface area contributed by atoms with Crippen LogP contribution in [-0.4, -0.2) is 63.0 Å². The van der Waals surface area contributed by atoms with Gasteiger partial charge in [0.25, 0.3) is 11.8 Å². The maximum Gasteiger partial charge on any atom is 0.418 e. The zero-order valence-corrected chi connectivity index (χ0v) is 26.4. The van der Waals surface area contributed by atoms with Gasteiger partial charge >= 0.3 is 6.18 Å². The zero-order chi connectivity index (χ0) is 31.7. The van der Waals surface area contributed by atoms with E-state index < -0.39 is 40.6 Å². The minimum absolute atomic E-state index is 0.164. The van der Waals surface area contributed by atoms with Gasteiger partial charge in [-0.05, 0) is 62.4 Å². The second kappa shape index (κ2) is 12.7. The second-order valence-electron chi connectivity index (χ2n) is 11.5. The number of thiophene rings is 1. The van der Waals surface area contributed by atoms with E-state index in [1.807, 2.05) is 44.2 Å². The SMILES string of the molecule is CCC[C@H]1N(C(=O)c2ncccc2C(F)(F)F)CCC[C@@]1(Oc1csc(C)c1)C(=O)N1CCC(O)(c2ccccc2S)CC1. The number of benzene rings is 1. The van der Waals surface area contributed by atoms with Crippen molar-refractivity contribution in [3.8, 4) is 5.75 Å². The van der Waals surface area contributed by atoms with Crippen LogP contribution in [-0.2, 0) is 16.6 Å². The number of aromatic nitrogens is 1. The lowest BCUT2D eigenvalue weighted by Crippen LogP contribution is -2.68. The highest BCUT2D eigenvalue weighted by Crippen LogP contribution is 2.42. The third kappa shape index (κ3) is 6.21. The van der Waals surface area contributed by atoms with Gasteiger partial charge in [0.1, 0.15) is 11.4 Å². The molecule has 2 aliphatic rings. The molecule has 4 heterocycles. The largest absolute Gasteiger partial charge is 0.474 e. The number of halogens is 3. The molecule has 2 atom stereocenters. The number of likely N-dealkylation sites (tertiary alicyclic amines) is 2. The Morgan fingerprint density at radius 1 is 1.14 bits per heavy atom. The van der Waals surface area contributed by atoms with Gasteiger partial charge in [-0.25, -0.2) is 0 Å². The van der Waals surface area contributed by atoms with Crippen molar-refractivity contribution in [3.05, 3.63) is 75.7 Å². The Hall–Kier alpha value is -3.09. The molecule has 2 amide bonds. The molecule has 2 fully saturated rings. The molecule has 0 aliphatic carbocycles. The predicted molar refractivity (Wildman–Crippen MR) is 164 cm³/mol. The first-order valence-electron chi connectivity index (χ1n) is 14.8. The number of hydrogen-bond acceptors (Lipinski definition) is 7. The molecule has 236 valence electrons. The Labute approximate surface area is 264 Å². The van der Waals surface area contributed by atoms with Crippen molar-refractivity contribution in [2.45, 2.75) is 80.7 Å². The van der Waals surface area contributed by atoms with E-state index in [0.29, 0.717) is 35.5 Å². The summed E-state index contributed by atoms with van der Waals surface area (Å²) in [6.07, 6.45) is -1.54. The van der Waals surface area contributed by atoms with E-state index >= 15 is 0 Å². The Balaban J connectivity index is 1.51. The molecular formula is C32H36F3N3O4S2. The smallest absolute Gasteiger partial charge is 0.418 e. The fourth-order valence-corrected chi connectivity index (χ4v) is 7.48. The molecule has 44 heavy (non-hydrogen) atoms. The summed E-state index contributed by atoms with van der Waals surface area (Å²) in [6.45, 7) is 4.44. The lowest BCUT2D eigenvalue weighted by atomic mass is 9.78. The van der Waals surface area contributed by atoms with Crippen molar-refractivity contribution in [1.29, 1.82) is 0 Å². The molecule has 12 heteroatoms. The van der Waals surface area contributed by atoms with E-state index in [2.05, 4.69) is 17.6 Å². The van der Waals surface area contributed by atoms with Gasteiger partial charge in [-0.2, -0.15) is 13.2 Å². The van der Waals surface area contributed by atoms with Crippen LogP contribution in [0.25, 0.3) is 0 Å². The number of nitrogens with zero attached hydrogens (tertiary/aromatic N) is 3. The number of aliphatic hydroxyl groups is 1. The highest BCUT2D eigenvalue weighted by Gasteiger charge is 2.56. The topological polar surface area (TPSA) is 83.0 Å². The Kier molecular flexibility index (Phi) is 9.34. The van der Waals surface area contributed by atoms with Crippen LogP contribution in [0, 0.1) is 6.92 Å². The number of ether oxygens (including phenoxy) is 1. The van der Waals surface area contributed by atoms with E-state index in [1.165, 1.54) is 22.4 Å². The van der Waals surface area contributed by atoms with Gasteiger partial charge < -0.3 is 19.6 Å². The first-order chi connectivity index (χ1) is 20.9. The third-order valence-corrected chi connectivity index (χ3v) is 9.88. The summed E-state index contributed by atoms with van der Waals surface area (Å²) >= 11 is 5.98. The lowest BCUT2D eigenvalue weighted by molar-refractivity contribution is -0.163. The molecule has 0 saturated carbocycles. The predicted octanol–water partition coefficient (Wildman–Crippen LogP) is 6.49. The van der Waals surface area contributed by atoms with Crippen molar-refractivity contribution in [2.75, 3.05) is 19.6 Å². The summed E-state index contributed by atoms with van der Waals surface area (Å²) in [4.78, 5) is 37.1. The van der Waals surface area contributed by atoms with Crippen molar-refractivity contribution < 1.29 is 32.6 Å². The maximum absolute atomic E-state index is 14.7. The van der Waals surface area contributed by atoms with Gasteiger partial charge in [-0.1, -0.05) is 31.5 Å². The highest BCUT2D eigenvalue weighted by atomic mass is 32.1. The second-order valence-corrected chi connectivity index (χ2v) is 13.1. The number of aryl methyl sites for hydroxylation is 1. The number of amides is 2. The molecule has 0 radical (unpaired) electrons. The number of carbonyl (C=O) groups is 2. The van der Waals surface area contributed by atoms with Gasteiger partial charge in [0.15, 0.2) is 0 Å². The number of rotatable bonds is 7. The molecule has 7 nitrogen and oxygen atoms in total. The van der Waals surface area contributed by atoms with E-state index in [4.69, 9.17) is 4.74 Å². The van der Waals surface area contributed by atoms with Crippen molar-refractivity contribution in [2.24, 2.45) is 0 Å². The summed E-state index contributed by atoms with van der Waals surface area (Å²) in [5.74, 6) is -0.741. The molecule has 2 aliphatic heterocycles. The molecule has 3 aromatic rings. The van der Waals surface area contributed by atoms with Crippen LogP contribution >= 0.6 is 24.0 Å². The average Bonchev–Trinajstić information content (AvgIpc) is 3.41. The Bertz CT molecular complexity index is 1510. The molecule has 0 bridgehead atoms. The summed E-state index contributed by atoms with van der Waals surface area (Å²) in [6, 6.07) is 10.3. The number of piperidine rings is 2. The van der Waals surface area contributed by atoms with Crippen molar-refractivity contribution in [1.82, 2.24) is 14.8 Å². The summed E-state index contributed by atoms with van der Waals surface area (Å²) in [5.41, 5.74) is -3.81. The lowest BCUT2D eigenvalue weighted by Gasteiger charge is -2.51. The summed E-state index contributed by atoms with van der Waals surface area (Å²) in [7, 11) is 0. The first kappa shape index (κ1) is 32.3. The zero-order valence-electron chi connectivity index (χ0n) is 24.6. The van der Waals surface area contributed by atoms with Crippen LogP contribution in [0.4, 0.5) is 13.2 Å². The van der Waals surface area contributed by atoms with Gasteiger partial charge in [0, 0.05) is 47.4 Å². The number of alkyl halides is 3. The summed E-state index contributed by atoms with van der Waals surface area (Å²) in [5, 5.41) is 13.3. The number of carbonyl (C=O) groups excluding carboxylic acids is 2. The molecule has 0 unspecified atom stereocenters. The molecular weight excluding hydrogens is 611 g/mol. The van der Waals surface area contributed by atoms with Crippen LogP contribution < -0.4 is 4.74 Å². The number of pyridine rings is 1. The first-order valence-corrected chi connectivity index (χ1v) is 16.1. The van der Waals surface area contributed by atoms with E-state index in [1.54, 1.807) is 10.3 Å². The number of hydrogen-bond donors (Lipinski definition) is 2. The van der Waals surface area contributed by atoms with E-state index in [-0.39, 0.29) is 44.8 Å². The molecule has 1 aromatic carbocycles. The van der Waals surface area contributed by atoms with Crippen LogP contribution in [0.1, 0.15) is 71.9 Å². The molecule has 0 spiro atoms. The van der Waals surface area contributed by atoms with Gasteiger partial charge in [-0.15, -0.1) is 24.0 Å². The molecule has 1 N–H and O–H groups in total. The maximum atomic E-state index is 14.7. The minimum Gasteiger partial charge on any atom is -0.474 e. The molecule has 2 aromatic heterocycles. The Morgan fingerprint density at radius 3 is 2.50 bits per heavy atom. The quantitative estimate of drug-likeness (QED) is 0.287. The molecule has 5 rings (SSSR count). The van der Waals surface area contributed by atoms with Crippen molar-refractivity contribution in [3.63, 3.8) is 0 Å². The minimum atomic E-state index is -4.77. The van der Waals surface area contributed by atoms with Gasteiger partial charge in [0.05, 0.1) is 17.2 Å². The van der Waals surface area contributed by atoms with Gasteiger partial charge in [-0.3, -0.25) is 14.6 Å². The highest BCUT2D eigenvalue weighted by molar-refractivity contribution is 7.80. The van der Waals surface area contributed by atoms with Crippen LogP contribution in [0.5, 0.6) is 5.75 Å². The van der Waals surface area contributed by atoms with Gasteiger partial charge in [0.2, 0.25) is 5.60 Å². The van der Waals surface area contributed by atoms with Crippen molar-refractivity contribution >= 4 is 35.8 Å². The third-order valence-electron chi connectivity index (χ3n) is 8.65. The summed E-state index contributed by atoms with van der Waals surface area (Å²) < 4.78 is 48.4. The monoisotopic (exact) mass is 647 g/mol. The fraction of sp³-hybridized carbons (Fsp3) is 0.469. The standard InChI is InChI=1S/C32H36F3N3O4S2/c1-3-8-26-31(42-22-19-21(2)44-20-22,12-7-16-38(26)28(39)27-24(32(33,34)35)10-6-15-36-27)29(40)37-17-13-30(41,14-18-37)23-9-4-5-11-25(23)43/h4-6,9-11,15,19-20,26,41,43H,3,7-8,12-14,16-18H2,1-2H3/t26-,31+/m1/s1.